The van der Waals surface area contributed by atoms with Gasteiger partial charge in [-0.1, -0.05) is 183 Å². The highest BCUT2D eigenvalue weighted by molar-refractivity contribution is 8.76. The van der Waals surface area contributed by atoms with Crippen LogP contribution in [0.25, 0.3) is 0 Å². The molecule has 0 N–H and O–H groups in total. The van der Waals surface area contributed by atoms with Gasteiger partial charge in [-0.3, -0.25) is 0 Å². The van der Waals surface area contributed by atoms with Crippen molar-refractivity contribution >= 4 is 21.6 Å². The van der Waals surface area contributed by atoms with Gasteiger partial charge in [-0.25, -0.2) is 0 Å². The Morgan fingerprint density at radius 2 is 0.452 bits per heavy atom. The second-order valence-electron chi connectivity index (χ2n) is 9.78. The largest absolute Gasteiger partial charge is 0.0942 e. The van der Waals surface area contributed by atoms with E-state index in [0.717, 1.165) is 0 Å². The third-order valence-electron chi connectivity index (χ3n) is 6.50. The lowest BCUT2D eigenvalue weighted by Crippen LogP contribution is -1.85. The molecular weight excluding hydrogens is 412 g/mol. The van der Waals surface area contributed by atoms with Gasteiger partial charge in [0.2, 0.25) is 0 Å². The van der Waals surface area contributed by atoms with Gasteiger partial charge in [-0.15, -0.1) is 0 Å². The molecule has 0 aromatic rings. The van der Waals surface area contributed by atoms with Crippen LogP contribution in [0.1, 0.15) is 174 Å². The molecule has 0 spiro atoms. The van der Waals surface area contributed by atoms with Crippen LogP contribution in [-0.2, 0) is 0 Å². The maximum Gasteiger partial charge on any atom is 0.00369 e. The fourth-order valence-corrected chi connectivity index (χ4v) is 6.59. The molecule has 0 heterocycles. The molecule has 0 atom stereocenters. The van der Waals surface area contributed by atoms with E-state index in [9.17, 15) is 0 Å². The Labute approximate surface area is 207 Å². The lowest BCUT2D eigenvalue weighted by molar-refractivity contribution is 0.535. The van der Waals surface area contributed by atoms with Crippen molar-refractivity contribution in [1.29, 1.82) is 0 Å². The summed E-state index contributed by atoms with van der Waals surface area (Å²) < 4.78 is 0. The summed E-state index contributed by atoms with van der Waals surface area (Å²) in [7, 11) is 4.27. The molecule has 0 bridgehead atoms. The molecule has 0 amide bonds. The van der Waals surface area contributed by atoms with E-state index in [2.05, 4.69) is 35.4 Å². The second kappa shape index (κ2) is 30.7. The summed E-state index contributed by atoms with van der Waals surface area (Å²) in [6.45, 7) is 4.61. The van der Waals surface area contributed by atoms with Gasteiger partial charge in [-0.2, -0.15) is 0 Å². The topological polar surface area (TPSA) is 0 Å². The molecule has 31 heavy (non-hydrogen) atoms. The number of hydrogen-bond acceptors (Lipinski definition) is 2. The van der Waals surface area contributed by atoms with Crippen LogP contribution >= 0.6 is 21.6 Å². The SMILES string of the molecule is CCCCCCCCCCCCCCCCCSSCCCCCCCCCCCC. The first-order valence-electron chi connectivity index (χ1n) is 14.7. The zero-order valence-electron chi connectivity index (χ0n) is 21.9. The van der Waals surface area contributed by atoms with Gasteiger partial charge in [-0.05, 0) is 12.8 Å². The van der Waals surface area contributed by atoms with Crippen molar-refractivity contribution in [3.8, 4) is 0 Å². The Morgan fingerprint density at radius 1 is 0.258 bits per heavy atom. The molecule has 0 aliphatic carbocycles. The molecular formula is C29H60S2. The lowest BCUT2D eigenvalue weighted by atomic mass is 10.0. The second-order valence-corrected chi connectivity index (χ2v) is 12.5. The first kappa shape index (κ1) is 31.7. The molecule has 0 unspecified atom stereocenters. The molecule has 0 nitrogen and oxygen atoms in total. The summed E-state index contributed by atoms with van der Waals surface area (Å²) >= 11 is 0. The van der Waals surface area contributed by atoms with Crippen molar-refractivity contribution in [2.24, 2.45) is 0 Å². The molecule has 2 heteroatoms. The monoisotopic (exact) mass is 472 g/mol. The Kier molecular flexibility index (Phi) is 31.4. The summed E-state index contributed by atoms with van der Waals surface area (Å²) in [6, 6.07) is 0. The first-order valence-corrected chi connectivity index (χ1v) is 17.1. The smallest absolute Gasteiger partial charge is 0.00369 e. The van der Waals surface area contributed by atoms with Crippen LogP contribution < -0.4 is 0 Å². The average molecular weight is 473 g/mol. The molecule has 0 aromatic heterocycles. The molecule has 0 saturated heterocycles. The van der Waals surface area contributed by atoms with Gasteiger partial charge < -0.3 is 0 Å². The van der Waals surface area contributed by atoms with Crippen LogP contribution in [0.5, 0.6) is 0 Å². The van der Waals surface area contributed by atoms with E-state index in [1.54, 1.807) is 0 Å². The molecule has 0 rings (SSSR count). The van der Waals surface area contributed by atoms with E-state index in [0.29, 0.717) is 0 Å². The van der Waals surface area contributed by atoms with Crippen LogP contribution in [0.2, 0.25) is 0 Å². The predicted molar refractivity (Wildman–Crippen MR) is 152 cm³/mol. The summed E-state index contributed by atoms with van der Waals surface area (Å²) in [5.74, 6) is 2.75. The van der Waals surface area contributed by atoms with Gasteiger partial charge in [0, 0.05) is 11.5 Å². The highest BCUT2D eigenvalue weighted by Gasteiger charge is 1.96. The fraction of sp³-hybridized carbons (Fsp3) is 1.00. The fourth-order valence-electron chi connectivity index (χ4n) is 4.30. The number of hydrogen-bond donors (Lipinski definition) is 0. The quantitative estimate of drug-likeness (QED) is 0.0819. The molecule has 0 aromatic carbocycles. The van der Waals surface area contributed by atoms with Gasteiger partial charge in [0.15, 0.2) is 0 Å². The summed E-state index contributed by atoms with van der Waals surface area (Å²) in [4.78, 5) is 0. The van der Waals surface area contributed by atoms with E-state index >= 15 is 0 Å². The van der Waals surface area contributed by atoms with Crippen molar-refractivity contribution in [3.05, 3.63) is 0 Å². The van der Waals surface area contributed by atoms with Gasteiger partial charge in [0.25, 0.3) is 0 Å². The van der Waals surface area contributed by atoms with Crippen molar-refractivity contribution in [1.82, 2.24) is 0 Å². The Morgan fingerprint density at radius 3 is 0.677 bits per heavy atom. The molecule has 0 saturated carbocycles. The highest BCUT2D eigenvalue weighted by atomic mass is 33.1. The van der Waals surface area contributed by atoms with Crippen molar-refractivity contribution in [3.63, 3.8) is 0 Å². The van der Waals surface area contributed by atoms with Crippen LogP contribution in [0, 0.1) is 0 Å². The highest BCUT2D eigenvalue weighted by Crippen LogP contribution is 2.25. The average Bonchev–Trinajstić information content (AvgIpc) is 2.78. The van der Waals surface area contributed by atoms with Crippen molar-refractivity contribution < 1.29 is 0 Å². The lowest BCUT2D eigenvalue weighted by Gasteiger charge is -2.04. The zero-order valence-corrected chi connectivity index (χ0v) is 23.5. The van der Waals surface area contributed by atoms with Crippen molar-refractivity contribution in [2.75, 3.05) is 11.5 Å². The predicted octanol–water partition coefficient (Wildman–Crippen LogP) is 12.2. The standard InChI is InChI=1S/C29H60S2/c1-3-5-7-9-11-13-15-16-17-18-19-21-23-25-27-29-31-30-28-26-24-22-20-14-12-10-8-6-4-2/h3-29H2,1-2H3. The Hall–Kier alpha value is 0.700. The maximum atomic E-state index is 2.30. The third-order valence-corrected chi connectivity index (χ3v) is 9.07. The number of unbranched alkanes of at least 4 members (excludes halogenated alkanes) is 23. The van der Waals surface area contributed by atoms with Crippen molar-refractivity contribution in [2.45, 2.75) is 174 Å². The number of rotatable bonds is 28. The van der Waals surface area contributed by atoms with E-state index in [1.165, 1.54) is 172 Å². The minimum absolute atomic E-state index is 1.37. The molecule has 0 aliphatic rings. The van der Waals surface area contributed by atoms with E-state index in [4.69, 9.17) is 0 Å². The molecule has 0 aliphatic heterocycles. The first-order chi connectivity index (χ1) is 15.4. The summed E-state index contributed by atoms with van der Waals surface area (Å²) in [5, 5.41) is 0. The Balaban J connectivity index is 2.98. The van der Waals surface area contributed by atoms with Crippen LogP contribution in [0.3, 0.4) is 0 Å². The van der Waals surface area contributed by atoms with Gasteiger partial charge >= 0.3 is 0 Å². The van der Waals surface area contributed by atoms with Crippen LogP contribution in [0.4, 0.5) is 0 Å². The maximum absolute atomic E-state index is 2.30. The van der Waals surface area contributed by atoms with E-state index in [1.807, 2.05) is 0 Å². The third kappa shape index (κ3) is 30.7. The molecule has 0 radical (unpaired) electrons. The molecule has 188 valence electrons. The minimum Gasteiger partial charge on any atom is -0.0942 e. The van der Waals surface area contributed by atoms with Gasteiger partial charge in [0.1, 0.15) is 0 Å². The van der Waals surface area contributed by atoms with Gasteiger partial charge in [0.05, 0.1) is 0 Å². The zero-order chi connectivity index (χ0) is 22.5. The van der Waals surface area contributed by atoms with Crippen LogP contribution in [-0.4, -0.2) is 11.5 Å². The Bertz CT molecular complexity index is 264. The normalized spacial score (nSPS) is 11.4. The van der Waals surface area contributed by atoms with Crippen LogP contribution in [0.15, 0.2) is 0 Å². The summed E-state index contributed by atoms with van der Waals surface area (Å²) in [6.07, 6.45) is 36.5. The summed E-state index contributed by atoms with van der Waals surface area (Å²) in [5.41, 5.74) is 0. The van der Waals surface area contributed by atoms with E-state index < -0.39 is 0 Å². The minimum atomic E-state index is 1.37. The van der Waals surface area contributed by atoms with E-state index in [-0.39, 0.29) is 0 Å². The molecule has 0 fully saturated rings.